The minimum Gasteiger partial charge on any atom is -0.486 e. The maximum Gasteiger partial charge on any atom is 0.161 e. The number of hydrogen-bond acceptors (Lipinski definition) is 3. The smallest absolute Gasteiger partial charge is 0.161 e. The van der Waals surface area contributed by atoms with E-state index < -0.39 is 0 Å². The van der Waals surface area contributed by atoms with Gasteiger partial charge in [-0.2, -0.15) is 0 Å². The lowest BCUT2D eigenvalue weighted by atomic mass is 10.0. The number of halogens is 2. The third-order valence-electron chi connectivity index (χ3n) is 3.48. The molecule has 2 aromatic carbocycles. The minimum atomic E-state index is -0.339. The second kappa shape index (κ2) is 6.03. The second-order valence-corrected chi connectivity index (χ2v) is 5.93. The van der Waals surface area contributed by atoms with E-state index in [0.29, 0.717) is 28.8 Å². The first-order valence-corrected chi connectivity index (χ1v) is 7.51. The Bertz CT molecular complexity index is 650. The summed E-state index contributed by atoms with van der Waals surface area (Å²) in [7, 11) is 0. The Morgan fingerprint density at radius 1 is 1.24 bits per heavy atom. The first-order chi connectivity index (χ1) is 10.1. The molecule has 0 bridgehead atoms. The molecule has 1 aliphatic rings. The van der Waals surface area contributed by atoms with Crippen molar-refractivity contribution in [3.05, 3.63) is 58.3 Å². The Kier molecular flexibility index (Phi) is 4.12. The van der Waals surface area contributed by atoms with Gasteiger partial charge in [-0.25, -0.2) is 4.39 Å². The van der Waals surface area contributed by atoms with Gasteiger partial charge >= 0.3 is 0 Å². The number of ether oxygens (including phenoxy) is 2. The predicted octanol–water partition coefficient (Wildman–Crippen LogP) is 3.30. The molecule has 2 atom stereocenters. The summed E-state index contributed by atoms with van der Waals surface area (Å²) in [5.74, 6) is 1.13. The first kappa shape index (κ1) is 14.4. The Balaban J connectivity index is 1.70. The highest BCUT2D eigenvalue weighted by Gasteiger charge is 2.27. The highest BCUT2D eigenvalue weighted by molar-refractivity contribution is 9.10. The largest absolute Gasteiger partial charge is 0.486 e. The molecule has 110 valence electrons. The summed E-state index contributed by atoms with van der Waals surface area (Å²) < 4.78 is 26.1. The molecule has 2 unspecified atom stereocenters. The Morgan fingerprint density at radius 3 is 2.76 bits per heavy atom. The molecule has 0 radical (unpaired) electrons. The molecule has 21 heavy (non-hydrogen) atoms. The summed E-state index contributed by atoms with van der Waals surface area (Å²) in [6, 6.07) is 12.1. The van der Waals surface area contributed by atoms with Crippen molar-refractivity contribution in [2.24, 2.45) is 5.73 Å². The van der Waals surface area contributed by atoms with Crippen LogP contribution in [0.1, 0.15) is 5.56 Å². The molecule has 0 spiro atoms. The van der Waals surface area contributed by atoms with Gasteiger partial charge < -0.3 is 15.2 Å². The van der Waals surface area contributed by atoms with Crippen LogP contribution in [0, 0.1) is 5.82 Å². The molecule has 0 amide bonds. The average Bonchev–Trinajstić information content (AvgIpc) is 2.49. The summed E-state index contributed by atoms with van der Waals surface area (Å²) in [6.07, 6.45) is 0.109. The van der Waals surface area contributed by atoms with Crippen molar-refractivity contribution in [3.63, 3.8) is 0 Å². The first-order valence-electron chi connectivity index (χ1n) is 6.71. The molecule has 0 saturated carbocycles. The zero-order valence-electron chi connectivity index (χ0n) is 11.3. The van der Waals surface area contributed by atoms with E-state index in [2.05, 4.69) is 15.9 Å². The van der Waals surface area contributed by atoms with E-state index in [-0.39, 0.29) is 18.0 Å². The highest BCUT2D eigenvalue weighted by Crippen LogP contribution is 2.31. The monoisotopic (exact) mass is 351 g/mol. The Hall–Kier alpha value is -1.59. The van der Waals surface area contributed by atoms with Gasteiger partial charge in [-0.05, 0) is 36.2 Å². The van der Waals surface area contributed by atoms with Crippen molar-refractivity contribution in [1.29, 1.82) is 0 Å². The van der Waals surface area contributed by atoms with Crippen LogP contribution < -0.4 is 15.2 Å². The second-order valence-electron chi connectivity index (χ2n) is 5.02. The number of rotatable bonds is 3. The van der Waals surface area contributed by atoms with Gasteiger partial charge in [0.05, 0.1) is 0 Å². The molecule has 3 rings (SSSR count). The van der Waals surface area contributed by atoms with Gasteiger partial charge in [-0.1, -0.05) is 34.1 Å². The van der Waals surface area contributed by atoms with Crippen LogP contribution in [0.3, 0.4) is 0 Å². The molecule has 1 aliphatic heterocycles. The third-order valence-corrected chi connectivity index (χ3v) is 3.97. The van der Waals surface area contributed by atoms with Gasteiger partial charge in [0.1, 0.15) is 18.5 Å². The normalized spacial score (nSPS) is 18.3. The SMILES string of the molecule is NC(Cc1ccc(Br)cc1F)C1COc2ccccc2O1. The molecule has 2 aromatic rings. The standard InChI is InChI=1S/C16H15BrFNO2/c17-11-6-5-10(12(18)8-11)7-13(19)16-9-20-14-3-1-2-4-15(14)21-16/h1-6,8,13,16H,7,9,19H2. The third kappa shape index (κ3) is 3.19. The maximum absolute atomic E-state index is 13.9. The van der Waals surface area contributed by atoms with Gasteiger partial charge in [0, 0.05) is 10.5 Å². The molecule has 2 N–H and O–H groups in total. The van der Waals surface area contributed by atoms with E-state index >= 15 is 0 Å². The fourth-order valence-electron chi connectivity index (χ4n) is 2.32. The Labute approximate surface area is 131 Å². The van der Waals surface area contributed by atoms with Crippen molar-refractivity contribution in [1.82, 2.24) is 0 Å². The van der Waals surface area contributed by atoms with Crippen LogP contribution in [0.25, 0.3) is 0 Å². The van der Waals surface area contributed by atoms with Crippen molar-refractivity contribution in [3.8, 4) is 11.5 Å². The quantitative estimate of drug-likeness (QED) is 0.922. The summed E-state index contributed by atoms with van der Waals surface area (Å²) in [6.45, 7) is 0.371. The van der Waals surface area contributed by atoms with Crippen molar-refractivity contribution in [2.45, 2.75) is 18.6 Å². The Morgan fingerprint density at radius 2 is 2.00 bits per heavy atom. The summed E-state index contributed by atoms with van der Waals surface area (Å²) in [5, 5.41) is 0. The van der Waals surface area contributed by atoms with Crippen LogP contribution in [-0.4, -0.2) is 18.8 Å². The summed E-state index contributed by atoms with van der Waals surface area (Å²) in [4.78, 5) is 0. The number of hydrogen-bond donors (Lipinski definition) is 1. The number of fused-ring (bicyclic) bond motifs is 1. The molecule has 0 fully saturated rings. The van der Waals surface area contributed by atoms with Crippen LogP contribution in [0.4, 0.5) is 4.39 Å². The fourth-order valence-corrected chi connectivity index (χ4v) is 2.65. The highest BCUT2D eigenvalue weighted by atomic mass is 79.9. The molecular formula is C16H15BrFNO2. The van der Waals surface area contributed by atoms with E-state index in [4.69, 9.17) is 15.2 Å². The van der Waals surface area contributed by atoms with Crippen molar-refractivity contribution < 1.29 is 13.9 Å². The maximum atomic E-state index is 13.9. The predicted molar refractivity (Wildman–Crippen MR) is 82.1 cm³/mol. The van der Waals surface area contributed by atoms with E-state index in [0.717, 1.165) is 5.75 Å². The molecule has 0 saturated heterocycles. The zero-order chi connectivity index (χ0) is 14.8. The molecule has 0 aromatic heterocycles. The van der Waals surface area contributed by atoms with E-state index in [1.807, 2.05) is 24.3 Å². The minimum absolute atomic E-state index is 0.267. The molecule has 0 aliphatic carbocycles. The molecule has 5 heteroatoms. The van der Waals surface area contributed by atoms with Crippen LogP contribution in [-0.2, 0) is 6.42 Å². The van der Waals surface area contributed by atoms with Crippen LogP contribution >= 0.6 is 15.9 Å². The van der Waals surface area contributed by atoms with Gasteiger partial charge in [-0.15, -0.1) is 0 Å². The number of para-hydroxylation sites is 2. The van der Waals surface area contributed by atoms with Gasteiger partial charge in [-0.3, -0.25) is 0 Å². The lowest BCUT2D eigenvalue weighted by Gasteiger charge is -2.30. The van der Waals surface area contributed by atoms with Gasteiger partial charge in [0.2, 0.25) is 0 Å². The molecular weight excluding hydrogens is 337 g/mol. The van der Waals surface area contributed by atoms with Crippen LogP contribution in [0.15, 0.2) is 46.9 Å². The lowest BCUT2D eigenvalue weighted by Crippen LogP contribution is -2.46. The summed E-state index contributed by atoms with van der Waals surface area (Å²) >= 11 is 3.24. The number of benzene rings is 2. The average molecular weight is 352 g/mol. The zero-order valence-corrected chi connectivity index (χ0v) is 12.8. The summed E-state index contributed by atoms with van der Waals surface area (Å²) in [5.41, 5.74) is 6.74. The van der Waals surface area contributed by atoms with E-state index in [1.54, 1.807) is 12.1 Å². The number of nitrogens with two attached hydrogens (primary N) is 1. The topological polar surface area (TPSA) is 44.5 Å². The molecule has 3 nitrogen and oxygen atoms in total. The van der Waals surface area contributed by atoms with Crippen molar-refractivity contribution >= 4 is 15.9 Å². The fraction of sp³-hybridized carbons (Fsp3) is 0.250. The van der Waals surface area contributed by atoms with Crippen LogP contribution in [0.2, 0.25) is 0 Å². The van der Waals surface area contributed by atoms with Gasteiger partial charge in [0.25, 0.3) is 0 Å². The lowest BCUT2D eigenvalue weighted by molar-refractivity contribution is 0.0721. The van der Waals surface area contributed by atoms with Crippen molar-refractivity contribution in [2.75, 3.05) is 6.61 Å². The van der Waals surface area contributed by atoms with E-state index in [1.165, 1.54) is 6.07 Å². The van der Waals surface area contributed by atoms with Gasteiger partial charge in [0.15, 0.2) is 11.5 Å². The van der Waals surface area contributed by atoms with Crippen LogP contribution in [0.5, 0.6) is 11.5 Å². The van der Waals surface area contributed by atoms with E-state index in [9.17, 15) is 4.39 Å². The molecule has 1 heterocycles.